The van der Waals surface area contributed by atoms with Crippen molar-refractivity contribution in [3.05, 3.63) is 41.0 Å². The zero-order valence-corrected chi connectivity index (χ0v) is 13.6. The van der Waals surface area contributed by atoms with Gasteiger partial charge in [-0.2, -0.15) is 0 Å². The Morgan fingerprint density at radius 1 is 1.14 bits per heavy atom. The number of hydrogen-bond acceptors (Lipinski definition) is 3. The van der Waals surface area contributed by atoms with Crippen LogP contribution in [0.3, 0.4) is 0 Å². The fourth-order valence-electron chi connectivity index (χ4n) is 2.97. The van der Waals surface area contributed by atoms with Crippen molar-refractivity contribution in [3.63, 3.8) is 0 Å². The van der Waals surface area contributed by atoms with Crippen LogP contribution in [0, 0.1) is 13.8 Å². The van der Waals surface area contributed by atoms with Crippen LogP contribution < -0.4 is 4.74 Å². The molecule has 0 N–H and O–H groups in total. The van der Waals surface area contributed by atoms with Crippen molar-refractivity contribution in [2.45, 2.75) is 40.5 Å². The zero-order valence-electron chi connectivity index (χ0n) is 13.6. The van der Waals surface area contributed by atoms with E-state index in [0.29, 0.717) is 11.7 Å². The van der Waals surface area contributed by atoms with Crippen molar-refractivity contribution in [1.82, 2.24) is 0 Å². The molecule has 2 aromatic carbocycles. The van der Waals surface area contributed by atoms with Crippen LogP contribution >= 0.6 is 0 Å². The molecule has 0 atom stereocenters. The molecule has 3 nitrogen and oxygen atoms in total. The van der Waals surface area contributed by atoms with Crippen LogP contribution in [-0.4, -0.2) is 5.97 Å². The Kier molecular flexibility index (Phi) is 3.44. The summed E-state index contributed by atoms with van der Waals surface area (Å²) < 4.78 is 11.5. The van der Waals surface area contributed by atoms with E-state index in [2.05, 4.69) is 26.0 Å². The molecule has 3 heteroatoms. The van der Waals surface area contributed by atoms with E-state index in [1.165, 1.54) is 12.5 Å². The third kappa shape index (κ3) is 2.27. The molecule has 3 aromatic rings. The average Bonchev–Trinajstić information content (AvgIpc) is 2.77. The molecule has 0 radical (unpaired) electrons. The summed E-state index contributed by atoms with van der Waals surface area (Å²) in [5.41, 5.74) is 4.94. The highest BCUT2D eigenvalue weighted by molar-refractivity contribution is 6.11. The number of hydrogen-bond donors (Lipinski definition) is 0. The Bertz CT molecular complexity index is 885. The second-order valence-corrected chi connectivity index (χ2v) is 6.16. The maximum absolute atomic E-state index is 11.5. The molecule has 0 aliphatic heterocycles. The van der Waals surface area contributed by atoms with Gasteiger partial charge in [0, 0.05) is 12.3 Å². The van der Waals surface area contributed by atoms with E-state index in [9.17, 15) is 4.79 Å². The fraction of sp³-hybridized carbons (Fsp3) is 0.316. The molecule has 3 rings (SSSR count). The van der Waals surface area contributed by atoms with Crippen LogP contribution in [0.2, 0.25) is 0 Å². The molecule has 0 unspecified atom stereocenters. The normalized spacial score (nSPS) is 11.5. The van der Waals surface area contributed by atoms with Crippen LogP contribution in [-0.2, 0) is 4.79 Å². The van der Waals surface area contributed by atoms with Crippen LogP contribution in [0.4, 0.5) is 0 Å². The second kappa shape index (κ2) is 5.16. The highest BCUT2D eigenvalue weighted by Crippen LogP contribution is 2.41. The van der Waals surface area contributed by atoms with E-state index in [1.807, 2.05) is 26.0 Å². The van der Waals surface area contributed by atoms with Crippen molar-refractivity contribution >= 4 is 27.9 Å². The van der Waals surface area contributed by atoms with E-state index >= 15 is 0 Å². The number of ether oxygens (including phenoxy) is 1. The molecular formula is C19H20O3. The Morgan fingerprint density at radius 2 is 1.86 bits per heavy atom. The second-order valence-electron chi connectivity index (χ2n) is 6.16. The van der Waals surface area contributed by atoms with Crippen LogP contribution in [0.5, 0.6) is 5.75 Å². The lowest BCUT2D eigenvalue weighted by Crippen LogP contribution is -2.02. The highest BCUT2D eigenvalue weighted by atomic mass is 16.5. The first kappa shape index (κ1) is 14.6. The number of carbonyl (C=O) groups excluding carboxylic acids is 1. The number of aryl methyl sites for hydroxylation is 2. The summed E-state index contributed by atoms with van der Waals surface area (Å²) >= 11 is 0. The predicted molar refractivity (Wildman–Crippen MR) is 88.6 cm³/mol. The van der Waals surface area contributed by atoms with E-state index in [4.69, 9.17) is 9.15 Å². The minimum atomic E-state index is -0.319. The summed E-state index contributed by atoms with van der Waals surface area (Å²) in [4.78, 5) is 11.5. The fourth-order valence-corrected chi connectivity index (χ4v) is 2.97. The molecule has 1 aromatic heterocycles. The topological polar surface area (TPSA) is 39.4 Å². The van der Waals surface area contributed by atoms with Crippen LogP contribution in [0.25, 0.3) is 21.9 Å². The number of fused-ring (bicyclic) bond motifs is 3. The van der Waals surface area contributed by atoms with Crippen molar-refractivity contribution in [3.8, 4) is 5.75 Å². The Balaban J connectivity index is 2.50. The van der Waals surface area contributed by atoms with Gasteiger partial charge in [-0.15, -0.1) is 0 Å². The van der Waals surface area contributed by atoms with E-state index in [0.717, 1.165) is 33.1 Å². The maximum atomic E-state index is 11.5. The van der Waals surface area contributed by atoms with Crippen LogP contribution in [0.1, 0.15) is 43.4 Å². The summed E-state index contributed by atoms with van der Waals surface area (Å²) in [5.74, 6) is 0.615. The van der Waals surface area contributed by atoms with Gasteiger partial charge in [-0.1, -0.05) is 26.0 Å². The Hall–Kier alpha value is -2.29. The predicted octanol–water partition coefficient (Wildman–Crippen LogP) is 5.25. The van der Waals surface area contributed by atoms with Gasteiger partial charge in [-0.25, -0.2) is 0 Å². The summed E-state index contributed by atoms with van der Waals surface area (Å²) in [6, 6.07) is 8.10. The molecule has 0 saturated carbocycles. The minimum Gasteiger partial charge on any atom is -0.456 e. The van der Waals surface area contributed by atoms with Gasteiger partial charge in [0.15, 0.2) is 0 Å². The van der Waals surface area contributed by atoms with Crippen molar-refractivity contribution < 1.29 is 13.9 Å². The number of rotatable bonds is 2. The Labute approximate surface area is 129 Å². The van der Waals surface area contributed by atoms with E-state index in [-0.39, 0.29) is 5.97 Å². The third-order valence-electron chi connectivity index (χ3n) is 3.93. The zero-order chi connectivity index (χ0) is 16.0. The molecule has 0 aliphatic rings. The van der Waals surface area contributed by atoms with E-state index in [1.54, 1.807) is 0 Å². The molecular weight excluding hydrogens is 276 g/mol. The van der Waals surface area contributed by atoms with E-state index < -0.39 is 0 Å². The molecule has 114 valence electrons. The van der Waals surface area contributed by atoms with Gasteiger partial charge in [0.05, 0.1) is 5.39 Å². The molecule has 1 heterocycles. The van der Waals surface area contributed by atoms with Gasteiger partial charge in [0.1, 0.15) is 16.9 Å². The molecule has 0 fully saturated rings. The summed E-state index contributed by atoms with van der Waals surface area (Å²) in [6.07, 6.45) is 0. The first-order valence-corrected chi connectivity index (χ1v) is 7.53. The quantitative estimate of drug-likeness (QED) is 0.479. The lowest BCUT2D eigenvalue weighted by Gasteiger charge is -2.10. The lowest BCUT2D eigenvalue weighted by atomic mass is 9.95. The minimum absolute atomic E-state index is 0.319. The summed E-state index contributed by atoms with van der Waals surface area (Å²) in [6.45, 7) is 9.74. The SMILES string of the molecule is CC(=O)Oc1cc(C)cc2oc3c(C)ccc(C(C)C)c3c12. The number of benzene rings is 2. The van der Waals surface area contributed by atoms with Gasteiger partial charge in [0.2, 0.25) is 0 Å². The summed E-state index contributed by atoms with van der Waals surface area (Å²) in [7, 11) is 0. The first-order valence-electron chi connectivity index (χ1n) is 7.53. The highest BCUT2D eigenvalue weighted by Gasteiger charge is 2.19. The molecule has 0 amide bonds. The average molecular weight is 296 g/mol. The number of furan rings is 1. The first-order chi connectivity index (χ1) is 10.4. The molecule has 0 spiro atoms. The molecule has 0 bridgehead atoms. The van der Waals surface area contributed by atoms with Gasteiger partial charge < -0.3 is 9.15 Å². The smallest absolute Gasteiger partial charge is 0.308 e. The number of carbonyl (C=O) groups is 1. The third-order valence-corrected chi connectivity index (χ3v) is 3.93. The standard InChI is InChI=1S/C19H20O3/c1-10(2)14-7-6-12(4)19-17(14)18-15(21-13(5)20)8-11(3)9-16(18)22-19/h6-10H,1-5H3. The largest absolute Gasteiger partial charge is 0.456 e. The molecule has 0 aliphatic carbocycles. The number of esters is 1. The Morgan fingerprint density at radius 3 is 2.50 bits per heavy atom. The molecule has 0 saturated heterocycles. The van der Waals surface area contributed by atoms with Crippen molar-refractivity contribution in [1.29, 1.82) is 0 Å². The van der Waals surface area contributed by atoms with Gasteiger partial charge >= 0.3 is 5.97 Å². The monoisotopic (exact) mass is 296 g/mol. The van der Waals surface area contributed by atoms with Gasteiger partial charge in [-0.05, 0) is 48.6 Å². The van der Waals surface area contributed by atoms with Gasteiger partial charge in [-0.3, -0.25) is 4.79 Å². The van der Waals surface area contributed by atoms with Gasteiger partial charge in [0.25, 0.3) is 0 Å². The lowest BCUT2D eigenvalue weighted by molar-refractivity contribution is -0.131. The summed E-state index contributed by atoms with van der Waals surface area (Å²) in [5, 5.41) is 1.95. The maximum Gasteiger partial charge on any atom is 0.308 e. The molecule has 22 heavy (non-hydrogen) atoms. The van der Waals surface area contributed by atoms with Crippen molar-refractivity contribution in [2.24, 2.45) is 0 Å². The van der Waals surface area contributed by atoms with Crippen molar-refractivity contribution in [2.75, 3.05) is 0 Å². The van der Waals surface area contributed by atoms with Crippen LogP contribution in [0.15, 0.2) is 28.7 Å².